The van der Waals surface area contributed by atoms with Crippen molar-refractivity contribution >= 4 is 0 Å². The summed E-state index contributed by atoms with van der Waals surface area (Å²) in [4.78, 5) is 8.85. The molecule has 0 amide bonds. The van der Waals surface area contributed by atoms with Crippen LogP contribution in [0.2, 0.25) is 0 Å². The largest absolute Gasteiger partial charge is 0.312 e. The molecule has 5 heteroatoms. The molecule has 0 saturated carbocycles. The van der Waals surface area contributed by atoms with Crippen molar-refractivity contribution in [2.75, 3.05) is 47.3 Å². The fourth-order valence-electron chi connectivity index (χ4n) is 2.38. The van der Waals surface area contributed by atoms with Crippen molar-refractivity contribution in [2.45, 2.75) is 25.8 Å². The number of halogens is 1. The van der Waals surface area contributed by atoms with Crippen LogP contribution >= 0.6 is 0 Å². The van der Waals surface area contributed by atoms with Gasteiger partial charge in [-0.3, -0.25) is 4.98 Å². The molecule has 0 aliphatic carbocycles. The van der Waals surface area contributed by atoms with Crippen molar-refractivity contribution in [2.24, 2.45) is 0 Å². The normalized spacial score (nSPS) is 13.1. The maximum absolute atomic E-state index is 12.9. The Bertz CT molecular complexity index is 380. The predicted octanol–water partition coefficient (Wildman–Crippen LogP) is 2.14. The number of hydrogen-bond donors (Lipinski definition) is 1. The first-order valence-corrected chi connectivity index (χ1v) is 7.72. The van der Waals surface area contributed by atoms with Gasteiger partial charge >= 0.3 is 0 Å². The summed E-state index contributed by atoms with van der Waals surface area (Å²) in [6, 6.07) is 3.41. The molecule has 0 saturated heterocycles. The Morgan fingerprint density at radius 2 is 2.00 bits per heavy atom. The molecule has 1 N–H and O–H groups in total. The molecule has 21 heavy (non-hydrogen) atoms. The topological polar surface area (TPSA) is 31.4 Å². The van der Waals surface area contributed by atoms with E-state index in [0.29, 0.717) is 0 Å². The average molecular weight is 296 g/mol. The van der Waals surface area contributed by atoms with E-state index in [-0.39, 0.29) is 11.9 Å². The van der Waals surface area contributed by atoms with E-state index in [1.165, 1.54) is 18.7 Å². The van der Waals surface area contributed by atoms with Crippen LogP contribution in [-0.4, -0.2) is 62.1 Å². The SMILES string of the molecule is CCN(CCCN(C)C)CCC(NC)c1ccc(F)cn1. The van der Waals surface area contributed by atoms with Crippen LogP contribution < -0.4 is 5.32 Å². The lowest BCUT2D eigenvalue weighted by atomic mass is 10.1. The van der Waals surface area contributed by atoms with Gasteiger partial charge in [0.2, 0.25) is 0 Å². The van der Waals surface area contributed by atoms with Gasteiger partial charge in [-0.2, -0.15) is 0 Å². The summed E-state index contributed by atoms with van der Waals surface area (Å²) >= 11 is 0. The highest BCUT2D eigenvalue weighted by Crippen LogP contribution is 2.14. The zero-order valence-electron chi connectivity index (χ0n) is 13.8. The summed E-state index contributed by atoms with van der Waals surface area (Å²) in [5.74, 6) is -0.285. The van der Waals surface area contributed by atoms with Gasteiger partial charge in [0.05, 0.1) is 17.9 Å². The highest BCUT2D eigenvalue weighted by molar-refractivity contribution is 5.09. The predicted molar refractivity (Wildman–Crippen MR) is 85.9 cm³/mol. The van der Waals surface area contributed by atoms with Gasteiger partial charge in [0.25, 0.3) is 0 Å². The minimum atomic E-state index is -0.285. The second-order valence-electron chi connectivity index (χ2n) is 5.62. The Hall–Kier alpha value is -1.04. The van der Waals surface area contributed by atoms with Crippen LogP contribution in [0.5, 0.6) is 0 Å². The number of nitrogens with one attached hydrogen (secondary N) is 1. The number of hydrogen-bond acceptors (Lipinski definition) is 4. The van der Waals surface area contributed by atoms with Crippen LogP contribution in [0, 0.1) is 5.82 Å². The van der Waals surface area contributed by atoms with Crippen molar-refractivity contribution in [3.8, 4) is 0 Å². The van der Waals surface area contributed by atoms with Gasteiger partial charge in [-0.05, 0) is 72.3 Å². The lowest BCUT2D eigenvalue weighted by Gasteiger charge is -2.24. The molecular weight excluding hydrogens is 267 g/mol. The van der Waals surface area contributed by atoms with Gasteiger partial charge in [-0.25, -0.2) is 4.39 Å². The standard InChI is InChI=1S/C16H29FN4/c1-5-21(11-6-10-20(3)4)12-9-15(18-2)16-8-7-14(17)13-19-16/h7-8,13,15,18H,5-6,9-12H2,1-4H3. The number of nitrogens with zero attached hydrogens (tertiary/aromatic N) is 3. The maximum Gasteiger partial charge on any atom is 0.141 e. The lowest BCUT2D eigenvalue weighted by molar-refractivity contribution is 0.253. The van der Waals surface area contributed by atoms with Crippen molar-refractivity contribution in [1.82, 2.24) is 20.1 Å². The molecule has 4 nitrogen and oxygen atoms in total. The van der Waals surface area contributed by atoms with Crippen LogP contribution in [0.15, 0.2) is 18.3 Å². The second-order valence-corrected chi connectivity index (χ2v) is 5.62. The van der Waals surface area contributed by atoms with Crippen molar-refractivity contribution < 1.29 is 4.39 Å². The van der Waals surface area contributed by atoms with E-state index in [4.69, 9.17) is 0 Å². The summed E-state index contributed by atoms with van der Waals surface area (Å²) in [5.41, 5.74) is 0.906. The Labute approximate surface area is 128 Å². The first-order valence-electron chi connectivity index (χ1n) is 7.72. The Balaban J connectivity index is 2.43. The Morgan fingerprint density at radius 3 is 2.52 bits per heavy atom. The van der Waals surface area contributed by atoms with Crippen LogP contribution in [0.4, 0.5) is 4.39 Å². The van der Waals surface area contributed by atoms with Gasteiger partial charge in [0.1, 0.15) is 5.82 Å². The van der Waals surface area contributed by atoms with Gasteiger partial charge in [-0.15, -0.1) is 0 Å². The van der Waals surface area contributed by atoms with E-state index >= 15 is 0 Å². The fourth-order valence-corrected chi connectivity index (χ4v) is 2.38. The van der Waals surface area contributed by atoms with E-state index in [0.717, 1.165) is 38.3 Å². The van der Waals surface area contributed by atoms with E-state index in [1.54, 1.807) is 6.07 Å². The summed E-state index contributed by atoms with van der Waals surface area (Å²) in [6.07, 6.45) is 3.44. The first-order chi connectivity index (χ1) is 10.1. The van der Waals surface area contributed by atoms with Crippen LogP contribution in [0.3, 0.4) is 0 Å². The molecule has 0 fully saturated rings. The third-order valence-corrected chi connectivity index (χ3v) is 3.72. The molecule has 1 unspecified atom stereocenters. The molecule has 1 rings (SSSR count). The molecule has 0 bridgehead atoms. The molecule has 0 aromatic carbocycles. The Morgan fingerprint density at radius 1 is 1.24 bits per heavy atom. The monoisotopic (exact) mass is 296 g/mol. The van der Waals surface area contributed by atoms with Crippen molar-refractivity contribution in [3.63, 3.8) is 0 Å². The average Bonchev–Trinajstić information content (AvgIpc) is 2.47. The Kier molecular flexibility index (Phi) is 8.42. The van der Waals surface area contributed by atoms with E-state index < -0.39 is 0 Å². The van der Waals surface area contributed by atoms with E-state index in [9.17, 15) is 4.39 Å². The highest BCUT2D eigenvalue weighted by atomic mass is 19.1. The fraction of sp³-hybridized carbons (Fsp3) is 0.688. The molecular formula is C16H29FN4. The third-order valence-electron chi connectivity index (χ3n) is 3.72. The van der Waals surface area contributed by atoms with Crippen molar-refractivity contribution in [1.29, 1.82) is 0 Å². The summed E-state index contributed by atoms with van der Waals surface area (Å²) in [6.45, 7) is 6.50. The molecule has 1 heterocycles. The zero-order valence-corrected chi connectivity index (χ0v) is 13.8. The smallest absolute Gasteiger partial charge is 0.141 e. The number of rotatable bonds is 10. The van der Waals surface area contributed by atoms with Crippen LogP contribution in [-0.2, 0) is 0 Å². The minimum Gasteiger partial charge on any atom is -0.312 e. The molecule has 0 aliphatic rings. The molecule has 0 aliphatic heterocycles. The minimum absolute atomic E-state index is 0.175. The van der Waals surface area contributed by atoms with E-state index in [2.05, 4.69) is 41.1 Å². The first kappa shape index (κ1) is 18.0. The summed E-state index contributed by atoms with van der Waals surface area (Å²) in [7, 11) is 6.14. The molecule has 0 spiro atoms. The quantitative estimate of drug-likeness (QED) is 0.717. The van der Waals surface area contributed by atoms with Gasteiger partial charge in [-0.1, -0.05) is 6.92 Å². The molecule has 120 valence electrons. The maximum atomic E-state index is 12.9. The summed E-state index contributed by atoms with van der Waals surface area (Å²) in [5, 5.41) is 3.27. The highest BCUT2D eigenvalue weighted by Gasteiger charge is 2.12. The number of pyridine rings is 1. The second kappa shape index (κ2) is 9.82. The summed E-state index contributed by atoms with van der Waals surface area (Å²) < 4.78 is 12.9. The molecule has 0 radical (unpaired) electrons. The van der Waals surface area contributed by atoms with Crippen molar-refractivity contribution in [3.05, 3.63) is 29.8 Å². The third kappa shape index (κ3) is 6.98. The van der Waals surface area contributed by atoms with Gasteiger partial charge in [0, 0.05) is 0 Å². The molecule has 1 aromatic heterocycles. The molecule has 1 atom stereocenters. The van der Waals surface area contributed by atoms with Gasteiger partial charge in [0.15, 0.2) is 0 Å². The zero-order chi connectivity index (χ0) is 15.7. The van der Waals surface area contributed by atoms with Crippen LogP contribution in [0.1, 0.15) is 31.5 Å². The lowest BCUT2D eigenvalue weighted by Crippen LogP contribution is -2.31. The number of aromatic nitrogens is 1. The van der Waals surface area contributed by atoms with Gasteiger partial charge < -0.3 is 15.1 Å². The molecule has 1 aromatic rings. The van der Waals surface area contributed by atoms with Crippen LogP contribution in [0.25, 0.3) is 0 Å². The van der Waals surface area contributed by atoms with E-state index in [1.807, 2.05) is 7.05 Å².